The van der Waals surface area contributed by atoms with Crippen LogP contribution in [-0.2, 0) is 13.0 Å². The van der Waals surface area contributed by atoms with Crippen molar-refractivity contribution >= 4 is 17.5 Å². The maximum atomic E-state index is 13.6. The second kappa shape index (κ2) is 7.53. The predicted octanol–water partition coefficient (Wildman–Crippen LogP) is 3.63. The molecule has 4 rings (SSSR count). The van der Waals surface area contributed by atoms with E-state index in [4.69, 9.17) is 0 Å². The molecule has 0 saturated heterocycles. The number of nitrogens with zero attached hydrogens (tertiary/aromatic N) is 3. The third-order valence-electron chi connectivity index (χ3n) is 4.65. The van der Waals surface area contributed by atoms with Gasteiger partial charge < -0.3 is 10.2 Å². The number of anilines is 2. The lowest BCUT2D eigenvalue weighted by Gasteiger charge is -2.29. The van der Waals surface area contributed by atoms with Crippen LogP contribution in [0.4, 0.5) is 16.0 Å². The first-order valence-corrected chi connectivity index (χ1v) is 8.91. The van der Waals surface area contributed by atoms with E-state index in [2.05, 4.69) is 32.3 Å². The minimum atomic E-state index is -0.340. The predicted molar refractivity (Wildman–Crippen MR) is 101 cm³/mol. The first-order chi connectivity index (χ1) is 13.2. The fraction of sp³-hybridized carbons (Fsp3) is 0.190. The van der Waals surface area contributed by atoms with Gasteiger partial charge in [0.1, 0.15) is 5.82 Å². The molecule has 27 heavy (non-hydrogen) atoms. The Morgan fingerprint density at radius 2 is 1.81 bits per heavy atom. The summed E-state index contributed by atoms with van der Waals surface area (Å²) in [5.41, 5.74) is 3.17. The molecule has 1 amide bonds. The number of amides is 1. The average Bonchev–Trinajstić information content (AvgIpc) is 2.73. The Labute approximate surface area is 156 Å². The summed E-state index contributed by atoms with van der Waals surface area (Å²) in [6.45, 7) is 0.961. The summed E-state index contributed by atoms with van der Waals surface area (Å²) in [6.07, 6.45) is 5.10. The Morgan fingerprint density at radius 1 is 1.07 bits per heavy atom. The summed E-state index contributed by atoms with van der Waals surface area (Å²) in [7, 11) is 0. The first kappa shape index (κ1) is 17.1. The summed E-state index contributed by atoms with van der Waals surface area (Å²) in [6, 6.07) is 14.6. The number of hydrogen-bond acceptors (Lipinski definition) is 4. The van der Waals surface area contributed by atoms with Gasteiger partial charge in [0.15, 0.2) is 0 Å². The minimum absolute atomic E-state index is 0.118. The molecule has 1 aromatic heterocycles. The normalized spacial score (nSPS) is 13.1. The van der Waals surface area contributed by atoms with Crippen molar-refractivity contribution in [2.75, 3.05) is 11.4 Å². The monoisotopic (exact) mass is 362 g/mol. The summed E-state index contributed by atoms with van der Waals surface area (Å²) in [5, 5.41) is 2.70. The van der Waals surface area contributed by atoms with Gasteiger partial charge in [-0.1, -0.05) is 36.4 Å². The molecule has 2 heterocycles. The number of rotatable bonds is 4. The number of para-hydroxylation sites is 1. The second-order valence-corrected chi connectivity index (χ2v) is 6.43. The number of carbonyl (C=O) groups excluding carboxylic acids is 1. The summed E-state index contributed by atoms with van der Waals surface area (Å²) >= 11 is 0. The maximum Gasteiger partial charge on any atom is 0.254 e. The van der Waals surface area contributed by atoms with Crippen LogP contribution < -0.4 is 10.2 Å². The van der Waals surface area contributed by atoms with Crippen LogP contribution in [0.15, 0.2) is 60.9 Å². The van der Waals surface area contributed by atoms with E-state index in [9.17, 15) is 9.18 Å². The number of aryl methyl sites for hydroxylation is 1. The topological polar surface area (TPSA) is 58.1 Å². The van der Waals surface area contributed by atoms with Gasteiger partial charge in [0.05, 0.1) is 5.56 Å². The molecule has 0 fully saturated rings. The van der Waals surface area contributed by atoms with E-state index in [0.717, 1.165) is 25.1 Å². The average molecular weight is 362 g/mol. The smallest absolute Gasteiger partial charge is 0.254 e. The molecule has 0 radical (unpaired) electrons. The fourth-order valence-corrected chi connectivity index (χ4v) is 3.24. The third-order valence-corrected chi connectivity index (χ3v) is 4.65. The Hall–Kier alpha value is -3.28. The number of benzene rings is 2. The van der Waals surface area contributed by atoms with Crippen LogP contribution >= 0.6 is 0 Å². The minimum Gasteiger partial charge on any atom is -0.348 e. The quantitative estimate of drug-likeness (QED) is 0.770. The number of carbonyl (C=O) groups is 1. The second-order valence-electron chi connectivity index (χ2n) is 6.43. The van der Waals surface area contributed by atoms with Crippen LogP contribution in [0, 0.1) is 5.82 Å². The largest absolute Gasteiger partial charge is 0.348 e. The third kappa shape index (κ3) is 3.65. The molecule has 0 aliphatic carbocycles. The van der Waals surface area contributed by atoms with Gasteiger partial charge in [0, 0.05) is 36.7 Å². The molecule has 0 unspecified atom stereocenters. The summed E-state index contributed by atoms with van der Waals surface area (Å²) < 4.78 is 13.6. The highest BCUT2D eigenvalue weighted by Crippen LogP contribution is 2.30. The van der Waals surface area contributed by atoms with Crippen LogP contribution in [-0.4, -0.2) is 22.4 Å². The molecule has 0 atom stereocenters. The van der Waals surface area contributed by atoms with Crippen LogP contribution in [0.3, 0.4) is 0 Å². The molecular formula is C21H19FN4O. The van der Waals surface area contributed by atoms with E-state index in [0.29, 0.717) is 17.1 Å². The van der Waals surface area contributed by atoms with Gasteiger partial charge in [0.2, 0.25) is 5.95 Å². The van der Waals surface area contributed by atoms with Gasteiger partial charge in [-0.2, -0.15) is 0 Å². The molecule has 0 spiro atoms. The van der Waals surface area contributed by atoms with E-state index in [1.165, 1.54) is 24.0 Å². The van der Waals surface area contributed by atoms with Gasteiger partial charge in [-0.3, -0.25) is 4.79 Å². The van der Waals surface area contributed by atoms with E-state index in [-0.39, 0.29) is 18.3 Å². The van der Waals surface area contributed by atoms with E-state index in [1.807, 2.05) is 12.1 Å². The first-order valence-electron chi connectivity index (χ1n) is 8.91. The lowest BCUT2D eigenvalue weighted by Crippen LogP contribution is -2.27. The van der Waals surface area contributed by atoms with E-state index >= 15 is 0 Å². The van der Waals surface area contributed by atoms with E-state index < -0.39 is 0 Å². The van der Waals surface area contributed by atoms with Gasteiger partial charge in [-0.05, 0) is 30.5 Å². The van der Waals surface area contributed by atoms with Crippen molar-refractivity contribution < 1.29 is 9.18 Å². The molecule has 5 nitrogen and oxygen atoms in total. The number of fused-ring (bicyclic) bond motifs is 1. The van der Waals surface area contributed by atoms with Crippen LogP contribution in [0.25, 0.3) is 0 Å². The number of hydrogen-bond donors (Lipinski definition) is 1. The van der Waals surface area contributed by atoms with Crippen molar-refractivity contribution in [1.82, 2.24) is 15.3 Å². The molecule has 3 aromatic rings. The summed E-state index contributed by atoms with van der Waals surface area (Å²) in [4.78, 5) is 23.1. The van der Waals surface area contributed by atoms with Crippen molar-refractivity contribution in [1.29, 1.82) is 0 Å². The van der Waals surface area contributed by atoms with Gasteiger partial charge in [-0.15, -0.1) is 0 Å². The molecule has 1 aliphatic rings. The molecule has 136 valence electrons. The van der Waals surface area contributed by atoms with Gasteiger partial charge >= 0.3 is 0 Å². The van der Waals surface area contributed by atoms with Crippen molar-refractivity contribution in [3.63, 3.8) is 0 Å². The fourth-order valence-electron chi connectivity index (χ4n) is 3.24. The standard InChI is InChI=1S/C21H19FN4O/c22-18-9-3-1-7-16(18)12-23-20(27)17-13-24-21(25-14-17)26-11-5-8-15-6-2-4-10-19(15)26/h1-4,6-7,9-10,13-14H,5,8,11-12H2,(H,23,27). The Balaban J connectivity index is 1.46. The Kier molecular flexibility index (Phi) is 4.78. The highest BCUT2D eigenvalue weighted by molar-refractivity contribution is 5.93. The molecule has 0 bridgehead atoms. The number of nitrogens with one attached hydrogen (secondary N) is 1. The zero-order valence-corrected chi connectivity index (χ0v) is 14.7. The zero-order valence-electron chi connectivity index (χ0n) is 14.7. The SMILES string of the molecule is O=C(NCc1ccccc1F)c1cnc(N2CCCc3ccccc32)nc1. The number of halogens is 1. The lowest BCUT2D eigenvalue weighted by atomic mass is 10.0. The highest BCUT2D eigenvalue weighted by atomic mass is 19.1. The van der Waals surface area contributed by atoms with Crippen molar-refractivity contribution in [2.24, 2.45) is 0 Å². The summed E-state index contributed by atoms with van der Waals surface area (Å²) in [5.74, 6) is -0.0928. The molecule has 2 aromatic carbocycles. The van der Waals surface area contributed by atoms with Crippen molar-refractivity contribution in [3.05, 3.63) is 83.4 Å². The van der Waals surface area contributed by atoms with Gasteiger partial charge in [-0.25, -0.2) is 14.4 Å². The number of aromatic nitrogens is 2. The van der Waals surface area contributed by atoms with Crippen molar-refractivity contribution in [2.45, 2.75) is 19.4 Å². The molecule has 1 N–H and O–H groups in total. The lowest BCUT2D eigenvalue weighted by molar-refractivity contribution is 0.0950. The van der Waals surface area contributed by atoms with E-state index in [1.54, 1.807) is 18.2 Å². The van der Waals surface area contributed by atoms with Crippen molar-refractivity contribution in [3.8, 4) is 0 Å². The highest BCUT2D eigenvalue weighted by Gasteiger charge is 2.20. The molecule has 6 heteroatoms. The zero-order chi connectivity index (χ0) is 18.6. The molecular weight excluding hydrogens is 343 g/mol. The Morgan fingerprint density at radius 3 is 2.63 bits per heavy atom. The Bertz CT molecular complexity index is 958. The van der Waals surface area contributed by atoms with Crippen LogP contribution in [0.1, 0.15) is 27.9 Å². The van der Waals surface area contributed by atoms with Crippen LogP contribution in [0.2, 0.25) is 0 Å². The molecule has 0 saturated carbocycles. The van der Waals surface area contributed by atoms with Crippen LogP contribution in [0.5, 0.6) is 0 Å². The molecule has 1 aliphatic heterocycles. The van der Waals surface area contributed by atoms with Gasteiger partial charge in [0.25, 0.3) is 5.91 Å². The maximum absolute atomic E-state index is 13.6.